The molecule has 8 nitrogen and oxygen atoms in total. The highest BCUT2D eigenvalue weighted by molar-refractivity contribution is 5.96. The number of phenolic OH excluding ortho intramolecular Hbond substituents is 1. The number of amides is 1. The SMILES string of the molecule is Cc1c(O)cccc1C(=O)NCc1cn(CC(=O)O)nn1. The van der Waals surface area contributed by atoms with E-state index in [4.69, 9.17) is 5.11 Å². The van der Waals surface area contributed by atoms with Crippen LogP contribution in [0.4, 0.5) is 0 Å². The molecule has 0 spiro atoms. The van der Waals surface area contributed by atoms with Crippen LogP contribution in [-0.2, 0) is 17.9 Å². The second-order valence-corrected chi connectivity index (χ2v) is 4.43. The molecule has 0 bridgehead atoms. The molecule has 0 unspecified atom stereocenters. The van der Waals surface area contributed by atoms with Gasteiger partial charge in [0.1, 0.15) is 18.0 Å². The van der Waals surface area contributed by atoms with E-state index in [0.29, 0.717) is 16.8 Å². The summed E-state index contributed by atoms with van der Waals surface area (Å²) in [5, 5.41) is 28.2. The first-order valence-electron chi connectivity index (χ1n) is 6.15. The second-order valence-electron chi connectivity index (χ2n) is 4.43. The molecule has 21 heavy (non-hydrogen) atoms. The molecule has 8 heteroatoms. The van der Waals surface area contributed by atoms with Crippen LogP contribution in [0, 0.1) is 6.92 Å². The molecule has 1 aromatic carbocycles. The van der Waals surface area contributed by atoms with E-state index in [0.717, 1.165) is 0 Å². The molecule has 0 aliphatic carbocycles. The minimum absolute atomic E-state index is 0.0510. The van der Waals surface area contributed by atoms with Gasteiger partial charge in [-0.2, -0.15) is 0 Å². The van der Waals surface area contributed by atoms with Gasteiger partial charge in [0.15, 0.2) is 0 Å². The maximum absolute atomic E-state index is 12.0. The summed E-state index contributed by atoms with van der Waals surface area (Å²) in [6.07, 6.45) is 1.45. The third-order valence-corrected chi connectivity index (χ3v) is 2.86. The van der Waals surface area contributed by atoms with E-state index in [1.807, 2.05) is 0 Å². The monoisotopic (exact) mass is 290 g/mol. The number of carboxylic acid groups (broad SMARTS) is 1. The highest BCUT2D eigenvalue weighted by atomic mass is 16.4. The van der Waals surface area contributed by atoms with Crippen molar-refractivity contribution >= 4 is 11.9 Å². The molecule has 2 rings (SSSR count). The van der Waals surface area contributed by atoms with Gasteiger partial charge in [-0.3, -0.25) is 9.59 Å². The summed E-state index contributed by atoms with van der Waals surface area (Å²) in [7, 11) is 0. The lowest BCUT2D eigenvalue weighted by Crippen LogP contribution is -2.23. The molecule has 110 valence electrons. The van der Waals surface area contributed by atoms with Crippen LogP contribution in [0.3, 0.4) is 0 Å². The molecule has 0 aliphatic heterocycles. The number of aromatic nitrogens is 3. The predicted octanol–water partition coefficient (Wildman–Crippen LogP) is 0.307. The van der Waals surface area contributed by atoms with Crippen LogP contribution in [-0.4, -0.2) is 37.1 Å². The first-order chi connectivity index (χ1) is 9.97. The lowest BCUT2D eigenvalue weighted by molar-refractivity contribution is -0.137. The fourth-order valence-electron chi connectivity index (χ4n) is 1.77. The van der Waals surface area contributed by atoms with Crippen molar-refractivity contribution in [2.45, 2.75) is 20.0 Å². The Bertz CT molecular complexity index is 681. The standard InChI is InChI=1S/C13H14N4O4/c1-8-10(3-2-4-11(8)18)13(21)14-5-9-6-17(16-15-9)7-12(19)20/h2-4,6,18H,5,7H2,1H3,(H,14,21)(H,19,20). The first-order valence-corrected chi connectivity index (χ1v) is 6.15. The van der Waals surface area contributed by atoms with Gasteiger partial charge >= 0.3 is 5.97 Å². The zero-order chi connectivity index (χ0) is 15.4. The summed E-state index contributed by atoms with van der Waals surface area (Å²) in [5.74, 6) is -1.32. The third kappa shape index (κ3) is 3.56. The quantitative estimate of drug-likeness (QED) is 0.729. The van der Waals surface area contributed by atoms with Gasteiger partial charge in [-0.15, -0.1) is 5.10 Å². The number of rotatable bonds is 5. The van der Waals surface area contributed by atoms with Crippen LogP contribution in [0.5, 0.6) is 5.75 Å². The van der Waals surface area contributed by atoms with Crippen LogP contribution in [0.2, 0.25) is 0 Å². The van der Waals surface area contributed by atoms with Gasteiger partial charge < -0.3 is 15.5 Å². The summed E-state index contributed by atoms with van der Waals surface area (Å²) in [4.78, 5) is 22.5. The van der Waals surface area contributed by atoms with Crippen molar-refractivity contribution < 1.29 is 19.8 Å². The van der Waals surface area contributed by atoms with Crippen LogP contribution >= 0.6 is 0 Å². The highest BCUT2D eigenvalue weighted by Gasteiger charge is 2.12. The number of carboxylic acids is 1. The number of carbonyl (C=O) groups is 2. The Hall–Kier alpha value is -2.90. The molecule has 1 amide bonds. The van der Waals surface area contributed by atoms with Crippen molar-refractivity contribution in [3.63, 3.8) is 0 Å². The van der Waals surface area contributed by atoms with Crippen molar-refractivity contribution in [1.29, 1.82) is 0 Å². The molecule has 0 radical (unpaired) electrons. The minimum atomic E-state index is -1.02. The Morgan fingerprint density at radius 3 is 2.86 bits per heavy atom. The van der Waals surface area contributed by atoms with Gasteiger partial charge in [0.2, 0.25) is 0 Å². The Morgan fingerprint density at radius 1 is 1.38 bits per heavy atom. The maximum atomic E-state index is 12.0. The Morgan fingerprint density at radius 2 is 2.14 bits per heavy atom. The molecule has 1 heterocycles. The Balaban J connectivity index is 1.99. The van der Waals surface area contributed by atoms with Gasteiger partial charge in [0.25, 0.3) is 5.91 Å². The summed E-state index contributed by atoms with van der Waals surface area (Å²) in [6, 6.07) is 4.69. The number of hydrogen-bond donors (Lipinski definition) is 3. The van der Waals surface area contributed by atoms with E-state index in [1.165, 1.54) is 16.9 Å². The van der Waals surface area contributed by atoms with E-state index in [9.17, 15) is 14.7 Å². The number of carbonyl (C=O) groups excluding carboxylic acids is 1. The lowest BCUT2D eigenvalue weighted by Gasteiger charge is -2.07. The molecule has 2 aromatic rings. The van der Waals surface area contributed by atoms with E-state index >= 15 is 0 Å². The van der Waals surface area contributed by atoms with Gasteiger partial charge in [-0.25, -0.2) is 4.68 Å². The number of nitrogens with one attached hydrogen (secondary N) is 1. The second kappa shape index (κ2) is 6.04. The average Bonchev–Trinajstić information content (AvgIpc) is 2.86. The predicted molar refractivity (Wildman–Crippen MR) is 71.7 cm³/mol. The van der Waals surface area contributed by atoms with Crippen molar-refractivity contribution in [3.05, 3.63) is 41.2 Å². The molecular weight excluding hydrogens is 276 g/mol. The van der Waals surface area contributed by atoms with E-state index in [-0.39, 0.29) is 24.7 Å². The van der Waals surface area contributed by atoms with Gasteiger partial charge in [0.05, 0.1) is 12.7 Å². The van der Waals surface area contributed by atoms with E-state index < -0.39 is 5.97 Å². The summed E-state index contributed by atoms with van der Waals surface area (Å²) in [5.41, 5.74) is 1.31. The third-order valence-electron chi connectivity index (χ3n) is 2.86. The average molecular weight is 290 g/mol. The topological polar surface area (TPSA) is 117 Å². The highest BCUT2D eigenvalue weighted by Crippen LogP contribution is 2.19. The van der Waals surface area contributed by atoms with E-state index in [2.05, 4.69) is 15.6 Å². The number of aliphatic carboxylic acids is 1. The first kappa shape index (κ1) is 14.5. The lowest BCUT2D eigenvalue weighted by atomic mass is 10.1. The Labute approximate surface area is 120 Å². The number of phenols is 1. The maximum Gasteiger partial charge on any atom is 0.325 e. The molecule has 0 atom stereocenters. The molecule has 1 aromatic heterocycles. The molecule has 0 saturated heterocycles. The number of benzene rings is 1. The van der Waals surface area contributed by atoms with Crippen LogP contribution in [0.25, 0.3) is 0 Å². The number of nitrogens with zero attached hydrogens (tertiary/aromatic N) is 3. The van der Waals surface area contributed by atoms with E-state index in [1.54, 1.807) is 19.1 Å². The van der Waals surface area contributed by atoms with Crippen LogP contribution < -0.4 is 5.32 Å². The van der Waals surface area contributed by atoms with Gasteiger partial charge in [-0.1, -0.05) is 11.3 Å². The minimum Gasteiger partial charge on any atom is -0.508 e. The van der Waals surface area contributed by atoms with Crippen molar-refractivity contribution in [3.8, 4) is 5.75 Å². The number of hydrogen-bond acceptors (Lipinski definition) is 5. The van der Waals surface area contributed by atoms with Crippen molar-refractivity contribution in [1.82, 2.24) is 20.3 Å². The van der Waals surface area contributed by atoms with Crippen molar-refractivity contribution in [2.24, 2.45) is 0 Å². The van der Waals surface area contributed by atoms with Gasteiger partial charge in [0, 0.05) is 11.1 Å². The molecule has 3 N–H and O–H groups in total. The van der Waals surface area contributed by atoms with Crippen molar-refractivity contribution in [2.75, 3.05) is 0 Å². The van der Waals surface area contributed by atoms with Crippen LogP contribution in [0.1, 0.15) is 21.6 Å². The van der Waals surface area contributed by atoms with Crippen LogP contribution in [0.15, 0.2) is 24.4 Å². The molecule has 0 fully saturated rings. The zero-order valence-electron chi connectivity index (χ0n) is 11.3. The van der Waals surface area contributed by atoms with Gasteiger partial charge in [-0.05, 0) is 19.1 Å². The largest absolute Gasteiger partial charge is 0.508 e. The Kier molecular flexibility index (Phi) is 4.17. The summed E-state index contributed by atoms with van der Waals surface area (Å²) >= 11 is 0. The fourth-order valence-corrected chi connectivity index (χ4v) is 1.77. The molecular formula is C13H14N4O4. The smallest absolute Gasteiger partial charge is 0.325 e. The molecule has 0 saturated carbocycles. The zero-order valence-corrected chi connectivity index (χ0v) is 11.3. The fraction of sp³-hybridized carbons (Fsp3) is 0.231. The normalized spacial score (nSPS) is 10.3. The summed E-state index contributed by atoms with van der Waals surface area (Å²) < 4.78 is 1.17. The molecule has 0 aliphatic rings. The number of aromatic hydroxyl groups is 1. The summed E-state index contributed by atoms with van der Waals surface area (Å²) in [6.45, 7) is 1.48.